The Kier molecular flexibility index (Phi) is 7.81. The second kappa shape index (κ2) is 9.61. The maximum atomic E-state index is 2.60. The predicted molar refractivity (Wildman–Crippen MR) is 110 cm³/mol. The molecule has 5 heteroatoms. The Balaban J connectivity index is 2.42. The number of nitrogens with zero attached hydrogens (tertiary/aromatic N) is 3. The summed E-state index contributed by atoms with van der Waals surface area (Å²) in [6.45, 7) is 6.55. The fourth-order valence-corrected chi connectivity index (χ4v) is 8.48. The summed E-state index contributed by atoms with van der Waals surface area (Å²) < 4.78 is 7.56. The first kappa shape index (κ1) is 19.5. The fourth-order valence-electron chi connectivity index (χ4n) is 2.64. The second-order valence-corrected chi connectivity index (χ2v) is 10.8. The van der Waals surface area contributed by atoms with Crippen molar-refractivity contribution >= 4 is 27.1 Å². The third-order valence-corrected chi connectivity index (χ3v) is 9.58. The minimum absolute atomic E-state index is 0.526. The van der Waals surface area contributed by atoms with Gasteiger partial charge in [0, 0.05) is 23.7 Å². The highest BCUT2D eigenvalue weighted by atomic mass is 31.2. The fraction of sp³-hybridized carbons (Fsp3) is 0.368. The van der Waals surface area contributed by atoms with Crippen molar-refractivity contribution in [2.24, 2.45) is 0 Å². The zero-order valence-corrected chi connectivity index (χ0v) is 17.2. The van der Waals surface area contributed by atoms with Crippen LogP contribution in [0.2, 0.25) is 0 Å². The van der Waals surface area contributed by atoms with E-state index in [1.165, 1.54) is 10.6 Å². The van der Waals surface area contributed by atoms with E-state index in [-0.39, 0.29) is 0 Å². The highest BCUT2D eigenvalue weighted by Gasteiger charge is 2.30. The molecule has 0 saturated carbocycles. The van der Waals surface area contributed by atoms with Crippen LogP contribution in [0.25, 0.3) is 0 Å². The van der Waals surface area contributed by atoms with Crippen LogP contribution >= 0.6 is 16.4 Å². The molecule has 0 aliphatic rings. The number of hydrogen-bond donors (Lipinski definition) is 0. The van der Waals surface area contributed by atoms with Gasteiger partial charge in [0.25, 0.3) is 0 Å². The molecule has 3 nitrogen and oxygen atoms in total. The summed E-state index contributed by atoms with van der Waals surface area (Å²) in [6.07, 6.45) is 0. The molecule has 2 atom stereocenters. The molecule has 24 heavy (non-hydrogen) atoms. The lowest BCUT2D eigenvalue weighted by molar-refractivity contribution is 0.535. The molecular weight excluding hydrogens is 332 g/mol. The molecule has 0 radical (unpaired) electrons. The first-order valence-corrected chi connectivity index (χ1v) is 11.0. The summed E-state index contributed by atoms with van der Waals surface area (Å²) in [5.74, 6) is 0. The third kappa shape index (κ3) is 4.63. The first-order valence-electron chi connectivity index (χ1n) is 8.46. The van der Waals surface area contributed by atoms with Gasteiger partial charge in [0.15, 0.2) is 0 Å². The molecule has 0 spiro atoms. The lowest BCUT2D eigenvalue weighted by atomic mass is 10.4. The maximum absolute atomic E-state index is 2.60. The zero-order chi connectivity index (χ0) is 17.5. The Hall–Kier alpha value is -0.820. The Morgan fingerprint density at radius 3 is 1.25 bits per heavy atom. The van der Waals surface area contributed by atoms with E-state index in [2.05, 4.69) is 109 Å². The second-order valence-electron chi connectivity index (χ2n) is 5.69. The van der Waals surface area contributed by atoms with Gasteiger partial charge >= 0.3 is 0 Å². The zero-order valence-electron chi connectivity index (χ0n) is 15.4. The Morgan fingerprint density at radius 2 is 0.958 bits per heavy atom. The van der Waals surface area contributed by atoms with Crippen LogP contribution in [0, 0.1) is 0 Å². The summed E-state index contributed by atoms with van der Waals surface area (Å²) in [4.78, 5) is 0. The molecule has 2 rings (SSSR count). The molecule has 0 N–H and O–H groups in total. The van der Waals surface area contributed by atoms with Crippen LogP contribution in [-0.2, 0) is 0 Å². The molecule has 2 aromatic carbocycles. The van der Waals surface area contributed by atoms with Crippen molar-refractivity contribution in [2.45, 2.75) is 13.8 Å². The van der Waals surface area contributed by atoms with Crippen molar-refractivity contribution in [3.8, 4) is 0 Å². The monoisotopic (exact) mass is 361 g/mol. The van der Waals surface area contributed by atoms with Crippen LogP contribution < -0.4 is 10.6 Å². The van der Waals surface area contributed by atoms with E-state index in [4.69, 9.17) is 0 Å². The highest BCUT2D eigenvalue weighted by Crippen LogP contribution is 2.56. The quantitative estimate of drug-likeness (QED) is 0.656. The van der Waals surface area contributed by atoms with Gasteiger partial charge in [-0.3, -0.25) is 9.34 Å². The third-order valence-electron chi connectivity index (χ3n) is 4.08. The normalized spacial score (nSPS) is 14.3. The topological polar surface area (TPSA) is 9.72 Å². The number of rotatable bonds is 8. The maximum Gasteiger partial charge on any atom is 0.0768 e. The molecule has 0 bridgehead atoms. The van der Waals surface area contributed by atoms with Gasteiger partial charge in [-0.1, -0.05) is 74.5 Å². The minimum Gasteiger partial charge on any atom is -0.269 e. The van der Waals surface area contributed by atoms with Gasteiger partial charge in [-0.05, 0) is 21.1 Å². The standard InChI is InChI=1S/C19H29N3P2/c1-6-20(3)23(18-14-10-8-11-15-18)22(5)24(21(4)7-2)19-16-12-9-13-17-19/h8-17H,6-7H2,1-5H3. The van der Waals surface area contributed by atoms with Gasteiger partial charge in [-0.15, -0.1) is 0 Å². The molecule has 0 saturated heterocycles. The highest BCUT2D eigenvalue weighted by molar-refractivity contribution is 7.75. The van der Waals surface area contributed by atoms with E-state index in [0.717, 1.165) is 13.1 Å². The summed E-state index contributed by atoms with van der Waals surface area (Å²) >= 11 is 0. The Bertz CT molecular complexity index is 541. The minimum atomic E-state index is -0.526. The molecule has 0 heterocycles. The van der Waals surface area contributed by atoms with E-state index in [1.807, 2.05) is 0 Å². The smallest absolute Gasteiger partial charge is 0.0768 e. The van der Waals surface area contributed by atoms with Crippen LogP contribution in [0.15, 0.2) is 60.7 Å². The summed E-state index contributed by atoms with van der Waals surface area (Å²) in [5, 5.41) is 2.82. The van der Waals surface area contributed by atoms with Gasteiger partial charge < -0.3 is 0 Å². The first-order chi connectivity index (χ1) is 11.6. The largest absolute Gasteiger partial charge is 0.269 e. The molecule has 0 fully saturated rings. The van der Waals surface area contributed by atoms with Gasteiger partial charge in [0.05, 0.1) is 16.4 Å². The van der Waals surface area contributed by atoms with Crippen molar-refractivity contribution in [2.75, 3.05) is 34.2 Å². The number of benzene rings is 2. The van der Waals surface area contributed by atoms with Crippen molar-refractivity contribution in [3.05, 3.63) is 60.7 Å². The molecule has 2 unspecified atom stereocenters. The summed E-state index contributed by atoms with van der Waals surface area (Å²) in [6, 6.07) is 21.8. The van der Waals surface area contributed by atoms with Crippen molar-refractivity contribution in [1.82, 2.24) is 13.8 Å². The van der Waals surface area contributed by atoms with Gasteiger partial charge in [-0.2, -0.15) is 0 Å². The predicted octanol–water partition coefficient (Wildman–Crippen LogP) is 4.10. The van der Waals surface area contributed by atoms with E-state index < -0.39 is 16.4 Å². The lowest BCUT2D eigenvalue weighted by Gasteiger charge is -2.42. The van der Waals surface area contributed by atoms with Crippen LogP contribution in [-0.4, -0.2) is 48.0 Å². The van der Waals surface area contributed by atoms with Crippen LogP contribution in [0.3, 0.4) is 0 Å². The Labute approximate surface area is 150 Å². The molecule has 0 aliphatic heterocycles. The van der Waals surface area contributed by atoms with Gasteiger partial charge in [0.1, 0.15) is 0 Å². The number of hydrogen-bond acceptors (Lipinski definition) is 3. The summed E-state index contributed by atoms with van der Waals surface area (Å²) in [5.41, 5.74) is 0. The molecule has 0 aromatic heterocycles. The molecule has 130 valence electrons. The average molecular weight is 361 g/mol. The van der Waals surface area contributed by atoms with Gasteiger partial charge in [0.2, 0.25) is 0 Å². The lowest BCUT2D eigenvalue weighted by Crippen LogP contribution is -2.33. The molecule has 2 aromatic rings. The van der Waals surface area contributed by atoms with Crippen LogP contribution in [0.1, 0.15) is 13.8 Å². The van der Waals surface area contributed by atoms with E-state index in [1.54, 1.807) is 0 Å². The van der Waals surface area contributed by atoms with Crippen molar-refractivity contribution in [3.63, 3.8) is 0 Å². The van der Waals surface area contributed by atoms with E-state index in [0.29, 0.717) is 0 Å². The van der Waals surface area contributed by atoms with Crippen LogP contribution in [0.5, 0.6) is 0 Å². The van der Waals surface area contributed by atoms with Crippen LogP contribution in [0.4, 0.5) is 0 Å². The molecule has 0 aliphatic carbocycles. The van der Waals surface area contributed by atoms with E-state index in [9.17, 15) is 0 Å². The van der Waals surface area contributed by atoms with E-state index >= 15 is 0 Å². The Morgan fingerprint density at radius 1 is 0.625 bits per heavy atom. The molecular formula is C19H29N3P2. The average Bonchev–Trinajstić information content (AvgIpc) is 2.63. The SMILES string of the molecule is CCN(C)P(c1ccccc1)N(C)P(c1ccccc1)N(C)CC. The molecule has 0 amide bonds. The van der Waals surface area contributed by atoms with Crippen molar-refractivity contribution in [1.29, 1.82) is 0 Å². The van der Waals surface area contributed by atoms with Gasteiger partial charge in [-0.25, -0.2) is 4.44 Å². The van der Waals surface area contributed by atoms with Crippen molar-refractivity contribution < 1.29 is 0 Å². The summed E-state index contributed by atoms with van der Waals surface area (Å²) in [7, 11) is 5.71.